The minimum Gasteiger partial charge on any atom is -0.486 e. The van der Waals surface area contributed by atoms with E-state index in [4.69, 9.17) is 14.2 Å². The lowest BCUT2D eigenvalue weighted by Crippen LogP contribution is -2.18. The molecule has 1 aromatic carbocycles. The minimum atomic E-state index is -0.407. The molecule has 0 fully saturated rings. The molecule has 0 aliphatic carbocycles. The van der Waals surface area contributed by atoms with Crippen LogP contribution in [0.15, 0.2) is 30.3 Å². The number of rotatable bonds is 5. The molecule has 2 aromatic rings. The van der Waals surface area contributed by atoms with E-state index in [0.717, 1.165) is 17.0 Å². The van der Waals surface area contributed by atoms with Crippen molar-refractivity contribution in [3.63, 3.8) is 0 Å². The SMILES string of the molecule is COC(Cc1ccc2c(n1)CO/C2=C1/C(=O)Nc2ccc(F)cc21)OCI. The van der Waals surface area contributed by atoms with Crippen LogP contribution in [-0.4, -0.2) is 28.9 Å². The second kappa shape index (κ2) is 7.53. The summed E-state index contributed by atoms with van der Waals surface area (Å²) in [6.07, 6.45) is 0.135. The number of fused-ring (bicyclic) bond motifs is 2. The number of aromatic nitrogens is 1. The van der Waals surface area contributed by atoms with Crippen LogP contribution in [0.4, 0.5) is 10.1 Å². The van der Waals surface area contributed by atoms with Gasteiger partial charge < -0.3 is 19.5 Å². The number of ether oxygens (including phenoxy) is 3. The Morgan fingerprint density at radius 2 is 2.19 bits per heavy atom. The van der Waals surface area contributed by atoms with Gasteiger partial charge in [-0.3, -0.25) is 9.78 Å². The van der Waals surface area contributed by atoms with Gasteiger partial charge in [-0.1, -0.05) is 22.6 Å². The molecule has 1 unspecified atom stereocenters. The molecule has 8 heteroatoms. The molecule has 0 spiro atoms. The fourth-order valence-electron chi connectivity index (χ4n) is 3.22. The summed E-state index contributed by atoms with van der Waals surface area (Å²) in [5, 5.41) is 2.74. The molecule has 6 nitrogen and oxygen atoms in total. The van der Waals surface area contributed by atoms with E-state index in [1.54, 1.807) is 13.2 Å². The molecule has 0 saturated heterocycles. The Kier molecular flexibility index (Phi) is 5.11. The number of alkyl halides is 1. The highest BCUT2D eigenvalue weighted by Gasteiger charge is 2.33. The van der Waals surface area contributed by atoms with Gasteiger partial charge in [0.15, 0.2) is 6.29 Å². The van der Waals surface area contributed by atoms with Crippen LogP contribution in [0.25, 0.3) is 11.3 Å². The van der Waals surface area contributed by atoms with Gasteiger partial charge in [0.2, 0.25) is 0 Å². The molecule has 3 heterocycles. The average molecular weight is 482 g/mol. The lowest BCUT2D eigenvalue weighted by atomic mass is 10.0. The molecular formula is C19H16FIN2O4. The number of carbonyl (C=O) groups is 1. The van der Waals surface area contributed by atoms with Gasteiger partial charge in [-0.2, -0.15) is 0 Å². The van der Waals surface area contributed by atoms with Crippen molar-refractivity contribution in [2.75, 3.05) is 17.0 Å². The van der Waals surface area contributed by atoms with Crippen molar-refractivity contribution in [3.8, 4) is 0 Å². The first-order valence-corrected chi connectivity index (χ1v) is 9.81. The molecule has 4 rings (SSSR count). The summed E-state index contributed by atoms with van der Waals surface area (Å²) in [7, 11) is 1.59. The molecule has 2 aliphatic rings. The number of hydrogen-bond donors (Lipinski definition) is 1. The van der Waals surface area contributed by atoms with E-state index < -0.39 is 5.82 Å². The largest absolute Gasteiger partial charge is 0.486 e. The maximum absolute atomic E-state index is 13.7. The first-order chi connectivity index (χ1) is 13.1. The molecule has 0 bridgehead atoms. The predicted molar refractivity (Wildman–Crippen MR) is 105 cm³/mol. The lowest BCUT2D eigenvalue weighted by Gasteiger charge is -2.14. The van der Waals surface area contributed by atoms with Crippen LogP contribution in [-0.2, 0) is 32.0 Å². The van der Waals surface area contributed by atoms with Crippen LogP contribution in [0.5, 0.6) is 0 Å². The van der Waals surface area contributed by atoms with Crippen molar-refractivity contribution in [2.45, 2.75) is 19.3 Å². The fraction of sp³-hybridized carbons (Fsp3) is 0.263. The highest BCUT2D eigenvalue weighted by molar-refractivity contribution is 14.1. The smallest absolute Gasteiger partial charge is 0.260 e. The normalized spacial score (nSPS) is 18.7. The van der Waals surface area contributed by atoms with Gasteiger partial charge in [0.1, 0.15) is 22.8 Å². The molecule has 1 atom stereocenters. The van der Waals surface area contributed by atoms with Crippen molar-refractivity contribution in [3.05, 3.63) is 58.7 Å². The zero-order chi connectivity index (χ0) is 19.0. The summed E-state index contributed by atoms with van der Waals surface area (Å²) in [5.74, 6) is -0.286. The standard InChI is InChI=1S/C19H16FIN2O4/c1-25-16(27-9-21)7-11-3-4-12-15(22-11)8-26-18(12)17-13-6-10(20)2-5-14(13)23-19(17)24/h2-6,16H,7-9H2,1H3,(H,23,24)/b18-17+. The second-order valence-electron chi connectivity index (χ2n) is 6.08. The zero-order valence-electron chi connectivity index (χ0n) is 14.4. The molecular weight excluding hydrogens is 466 g/mol. The topological polar surface area (TPSA) is 69.7 Å². The van der Waals surface area contributed by atoms with Gasteiger partial charge >= 0.3 is 0 Å². The summed E-state index contributed by atoms with van der Waals surface area (Å²) < 4.78 is 30.7. The van der Waals surface area contributed by atoms with Gasteiger partial charge in [-0.15, -0.1) is 0 Å². The summed E-state index contributed by atoms with van der Waals surface area (Å²) in [4.78, 5) is 17.1. The van der Waals surface area contributed by atoms with Gasteiger partial charge in [0, 0.05) is 36.0 Å². The van der Waals surface area contributed by atoms with Crippen molar-refractivity contribution >= 4 is 45.5 Å². The monoisotopic (exact) mass is 482 g/mol. The van der Waals surface area contributed by atoms with Crippen LogP contribution in [0.2, 0.25) is 0 Å². The van der Waals surface area contributed by atoms with Gasteiger partial charge in [-0.05, 0) is 30.3 Å². The van der Waals surface area contributed by atoms with Crippen molar-refractivity contribution < 1.29 is 23.4 Å². The van der Waals surface area contributed by atoms with Crippen LogP contribution in [0.3, 0.4) is 0 Å². The number of nitrogens with zero attached hydrogens (tertiary/aromatic N) is 1. The van der Waals surface area contributed by atoms with Crippen LogP contribution < -0.4 is 5.32 Å². The highest BCUT2D eigenvalue weighted by Crippen LogP contribution is 2.41. The third-order valence-corrected chi connectivity index (χ3v) is 4.83. The van der Waals surface area contributed by atoms with Crippen molar-refractivity contribution in [1.29, 1.82) is 0 Å². The highest BCUT2D eigenvalue weighted by atomic mass is 127. The van der Waals surface area contributed by atoms with Gasteiger partial charge in [0.25, 0.3) is 5.91 Å². The molecule has 1 N–H and O–H groups in total. The Morgan fingerprint density at radius 3 is 2.96 bits per heavy atom. The third kappa shape index (κ3) is 3.44. The first kappa shape index (κ1) is 18.3. The number of carbonyl (C=O) groups excluding carboxylic acids is 1. The van der Waals surface area contributed by atoms with E-state index in [-0.39, 0.29) is 18.8 Å². The van der Waals surface area contributed by atoms with Crippen LogP contribution >= 0.6 is 22.6 Å². The summed E-state index contributed by atoms with van der Waals surface area (Å²) >= 11 is 2.11. The number of pyridine rings is 1. The van der Waals surface area contributed by atoms with Crippen LogP contribution in [0, 0.1) is 5.82 Å². The van der Waals surface area contributed by atoms with Crippen molar-refractivity contribution in [2.24, 2.45) is 0 Å². The molecule has 140 valence electrons. The van der Waals surface area contributed by atoms with Gasteiger partial charge in [0.05, 0.1) is 11.3 Å². The number of halogens is 2. The minimum absolute atomic E-state index is 0.255. The van der Waals surface area contributed by atoms with Crippen LogP contribution in [0.1, 0.15) is 22.5 Å². The number of amides is 1. The van der Waals surface area contributed by atoms with Crippen molar-refractivity contribution in [1.82, 2.24) is 4.98 Å². The number of anilines is 1. The van der Waals surface area contributed by atoms with E-state index in [1.807, 2.05) is 12.1 Å². The van der Waals surface area contributed by atoms with E-state index in [2.05, 4.69) is 32.9 Å². The maximum Gasteiger partial charge on any atom is 0.260 e. The Hall–Kier alpha value is -2.04. The van der Waals surface area contributed by atoms with E-state index in [9.17, 15) is 9.18 Å². The molecule has 1 aromatic heterocycles. The molecule has 2 aliphatic heterocycles. The Labute approximate surface area is 168 Å². The Balaban J connectivity index is 1.70. The number of methoxy groups -OCH3 is 1. The summed E-state index contributed by atoms with van der Waals surface area (Å²) in [6.45, 7) is 0.255. The molecule has 0 saturated carbocycles. The van der Waals surface area contributed by atoms with E-state index in [0.29, 0.717) is 33.6 Å². The lowest BCUT2D eigenvalue weighted by molar-refractivity contribution is -0.110. The first-order valence-electron chi connectivity index (χ1n) is 8.28. The quantitative estimate of drug-likeness (QED) is 0.306. The second-order valence-corrected chi connectivity index (χ2v) is 6.70. The number of hydrogen-bond acceptors (Lipinski definition) is 5. The fourth-order valence-corrected chi connectivity index (χ4v) is 3.62. The average Bonchev–Trinajstić information content (AvgIpc) is 3.20. The molecule has 27 heavy (non-hydrogen) atoms. The third-order valence-electron chi connectivity index (χ3n) is 4.47. The predicted octanol–water partition coefficient (Wildman–Crippen LogP) is 3.50. The van der Waals surface area contributed by atoms with Gasteiger partial charge in [-0.25, -0.2) is 4.39 Å². The number of benzene rings is 1. The molecule has 0 radical (unpaired) electrons. The maximum atomic E-state index is 13.7. The Bertz CT molecular complexity index is 947. The van der Waals surface area contributed by atoms with E-state index >= 15 is 0 Å². The van der Waals surface area contributed by atoms with E-state index in [1.165, 1.54) is 12.1 Å². The Morgan fingerprint density at radius 1 is 1.33 bits per heavy atom. The molecule has 1 amide bonds. The summed E-state index contributed by atoms with van der Waals surface area (Å²) in [5.41, 5.74) is 3.69. The number of nitrogens with one attached hydrogen (secondary N) is 1. The summed E-state index contributed by atoms with van der Waals surface area (Å²) in [6, 6.07) is 7.92. The zero-order valence-corrected chi connectivity index (χ0v) is 16.6.